The number of fused-ring (bicyclic) bond motifs is 1. The second kappa shape index (κ2) is 7.71. The number of aliphatic hydroxyl groups excluding tert-OH is 1. The lowest BCUT2D eigenvalue weighted by Crippen LogP contribution is -1.86. The monoisotopic (exact) mass is 368 g/mol. The van der Waals surface area contributed by atoms with Crippen molar-refractivity contribution >= 4 is 33.0 Å². The van der Waals surface area contributed by atoms with Gasteiger partial charge in [0.15, 0.2) is 0 Å². The third-order valence-electron chi connectivity index (χ3n) is 3.13. The van der Waals surface area contributed by atoms with Crippen LogP contribution >= 0.6 is 22.9 Å². The number of hydrogen-bond acceptors (Lipinski definition) is 2. The second-order valence-corrected chi connectivity index (χ2v) is 6.44. The van der Waals surface area contributed by atoms with Crippen LogP contribution in [-0.4, -0.2) is 5.11 Å². The van der Waals surface area contributed by atoms with Crippen LogP contribution in [0.2, 0.25) is 5.02 Å². The largest absolute Gasteiger partial charge is 0.375 e. The van der Waals surface area contributed by atoms with Crippen molar-refractivity contribution < 1.29 is 18.3 Å². The molecule has 1 heterocycles. The molecule has 1 N–H and O–H groups in total. The molecule has 0 saturated carbocycles. The van der Waals surface area contributed by atoms with Gasteiger partial charge >= 0.3 is 0 Å². The van der Waals surface area contributed by atoms with Gasteiger partial charge in [-0.05, 0) is 48.2 Å². The van der Waals surface area contributed by atoms with Crippen LogP contribution in [0.1, 0.15) is 16.5 Å². The summed E-state index contributed by atoms with van der Waals surface area (Å²) in [6, 6.07) is 8.32. The molecule has 1 nitrogen and oxygen atoms in total. The Labute approximate surface area is 146 Å². The van der Waals surface area contributed by atoms with Crippen LogP contribution in [0, 0.1) is 36.7 Å². The first-order chi connectivity index (χ1) is 11.3. The van der Waals surface area contributed by atoms with Crippen LogP contribution in [-0.2, 0) is 0 Å². The number of aryl methyl sites for hydroxylation is 1. The predicted octanol–water partition coefficient (Wildman–Crippen LogP) is 5.63. The van der Waals surface area contributed by atoms with E-state index in [-0.39, 0.29) is 16.4 Å². The van der Waals surface area contributed by atoms with E-state index in [9.17, 15) is 18.3 Å². The van der Waals surface area contributed by atoms with E-state index in [0.717, 1.165) is 22.2 Å². The van der Waals surface area contributed by atoms with Crippen molar-refractivity contribution in [2.75, 3.05) is 0 Å². The highest BCUT2D eigenvalue weighted by Gasteiger charge is 2.08. The molecule has 1 atom stereocenters. The van der Waals surface area contributed by atoms with Gasteiger partial charge in [-0.3, -0.25) is 0 Å². The molecule has 24 heavy (non-hydrogen) atoms. The van der Waals surface area contributed by atoms with E-state index in [2.05, 4.69) is 5.92 Å². The number of terminal acetylenes is 1. The van der Waals surface area contributed by atoms with Gasteiger partial charge in [-0.1, -0.05) is 23.6 Å². The molecule has 0 amide bonds. The van der Waals surface area contributed by atoms with Gasteiger partial charge in [-0.25, -0.2) is 13.2 Å². The van der Waals surface area contributed by atoms with Gasteiger partial charge in [0.25, 0.3) is 0 Å². The van der Waals surface area contributed by atoms with Crippen LogP contribution in [0.3, 0.4) is 0 Å². The van der Waals surface area contributed by atoms with Gasteiger partial charge in [0, 0.05) is 9.58 Å². The zero-order valence-electron chi connectivity index (χ0n) is 12.5. The van der Waals surface area contributed by atoms with Crippen LogP contribution in [0.15, 0.2) is 36.4 Å². The van der Waals surface area contributed by atoms with Crippen molar-refractivity contribution in [1.82, 2.24) is 0 Å². The Morgan fingerprint density at radius 1 is 1.12 bits per heavy atom. The van der Waals surface area contributed by atoms with Crippen LogP contribution in [0.25, 0.3) is 10.1 Å². The Balaban J connectivity index is 0.000000185. The van der Waals surface area contributed by atoms with E-state index >= 15 is 0 Å². The summed E-state index contributed by atoms with van der Waals surface area (Å²) in [5.74, 6) is 0.889. The first kappa shape index (κ1) is 18.3. The van der Waals surface area contributed by atoms with Gasteiger partial charge in [0.2, 0.25) is 0 Å². The van der Waals surface area contributed by atoms with Crippen molar-refractivity contribution in [2.45, 2.75) is 13.0 Å². The minimum atomic E-state index is -0.893. The molecule has 2 aromatic carbocycles. The molecular weight excluding hydrogens is 357 g/mol. The topological polar surface area (TPSA) is 20.2 Å². The average Bonchev–Trinajstić information content (AvgIpc) is 2.96. The molecular formula is C18H12ClF3OS. The fraction of sp³-hybridized carbons (Fsp3) is 0.111. The zero-order chi connectivity index (χ0) is 17.9. The highest BCUT2D eigenvalue weighted by atomic mass is 35.5. The molecule has 3 aromatic rings. The van der Waals surface area contributed by atoms with Gasteiger partial charge in [0.1, 0.15) is 23.6 Å². The Bertz CT molecular complexity index is 864. The summed E-state index contributed by atoms with van der Waals surface area (Å²) in [5, 5.41) is 10.1. The highest BCUT2D eigenvalue weighted by molar-refractivity contribution is 7.19. The Morgan fingerprint density at radius 2 is 1.83 bits per heavy atom. The molecule has 0 radical (unpaired) electrons. The van der Waals surface area contributed by atoms with E-state index in [1.807, 2.05) is 0 Å². The first-order valence-corrected chi connectivity index (χ1v) is 7.95. The Kier molecular flexibility index (Phi) is 5.89. The summed E-state index contributed by atoms with van der Waals surface area (Å²) in [6.07, 6.45) is 4.20. The maximum Gasteiger partial charge on any atom is 0.149 e. The summed E-state index contributed by atoms with van der Waals surface area (Å²) < 4.78 is 38.6. The lowest BCUT2D eigenvalue weighted by Gasteiger charge is -1.96. The fourth-order valence-corrected chi connectivity index (χ4v) is 3.05. The molecule has 0 fully saturated rings. The second-order valence-electron chi connectivity index (χ2n) is 4.92. The van der Waals surface area contributed by atoms with E-state index < -0.39 is 17.7 Å². The molecule has 1 unspecified atom stereocenters. The van der Waals surface area contributed by atoms with Crippen LogP contribution in [0.5, 0.6) is 0 Å². The molecule has 0 bridgehead atoms. The summed E-state index contributed by atoms with van der Waals surface area (Å²) >= 11 is 6.58. The van der Waals surface area contributed by atoms with Crippen molar-refractivity contribution in [3.63, 3.8) is 0 Å². The summed E-state index contributed by atoms with van der Waals surface area (Å²) in [5.41, 5.74) is 0.266. The Hall–Kier alpha value is -2.00. The molecule has 6 heteroatoms. The van der Waals surface area contributed by atoms with Crippen molar-refractivity contribution in [3.8, 4) is 12.3 Å². The maximum absolute atomic E-state index is 12.8. The van der Waals surface area contributed by atoms with E-state index in [1.54, 1.807) is 12.1 Å². The minimum absolute atomic E-state index is 0.178. The van der Waals surface area contributed by atoms with Crippen LogP contribution in [0.4, 0.5) is 13.2 Å². The molecule has 0 aliphatic rings. The molecule has 1 aromatic heterocycles. The number of hydrogen-bond donors (Lipinski definition) is 1. The number of halogens is 4. The lowest BCUT2D eigenvalue weighted by molar-refractivity contribution is 0.242. The Morgan fingerprint density at radius 3 is 2.46 bits per heavy atom. The molecule has 0 saturated heterocycles. The third-order valence-corrected chi connectivity index (χ3v) is 4.57. The predicted molar refractivity (Wildman–Crippen MR) is 91.7 cm³/mol. The smallest absolute Gasteiger partial charge is 0.149 e. The van der Waals surface area contributed by atoms with Gasteiger partial charge in [0.05, 0.1) is 5.02 Å². The van der Waals surface area contributed by atoms with Crippen LogP contribution < -0.4 is 0 Å². The van der Waals surface area contributed by atoms with Crippen molar-refractivity contribution in [1.29, 1.82) is 0 Å². The van der Waals surface area contributed by atoms with Crippen molar-refractivity contribution in [2.24, 2.45) is 0 Å². The molecule has 0 spiro atoms. The normalized spacial score (nSPS) is 11.5. The van der Waals surface area contributed by atoms with E-state index in [1.165, 1.54) is 30.4 Å². The maximum atomic E-state index is 12.8. The molecule has 0 aliphatic heterocycles. The lowest BCUT2D eigenvalue weighted by atomic mass is 10.2. The SMILES string of the molecule is C#CC(O)c1cc2ccc(F)cc2s1.Cc1cc(F)c(Cl)cc1F. The number of rotatable bonds is 1. The van der Waals surface area contributed by atoms with Gasteiger partial charge in [-0.2, -0.15) is 0 Å². The van der Waals surface area contributed by atoms with Crippen molar-refractivity contribution in [3.05, 3.63) is 69.3 Å². The summed E-state index contributed by atoms with van der Waals surface area (Å²) in [6.45, 7) is 1.48. The van der Waals surface area contributed by atoms with Gasteiger partial charge < -0.3 is 5.11 Å². The number of benzene rings is 2. The first-order valence-electron chi connectivity index (χ1n) is 6.76. The molecule has 0 aliphatic carbocycles. The highest BCUT2D eigenvalue weighted by Crippen LogP contribution is 2.30. The fourth-order valence-electron chi connectivity index (χ4n) is 1.86. The van der Waals surface area contributed by atoms with E-state index in [0.29, 0.717) is 4.88 Å². The average molecular weight is 369 g/mol. The molecule has 124 valence electrons. The summed E-state index contributed by atoms with van der Waals surface area (Å²) in [7, 11) is 0. The standard InChI is InChI=1S/C11H7FOS.C7H5ClF2/c1-2-9(13)11-5-7-3-4-8(12)6-10(7)14-11;1-4-2-7(10)5(8)3-6(4)9/h1,3-6,9,13H;2-3H,1H3. The van der Waals surface area contributed by atoms with Gasteiger partial charge in [-0.15, -0.1) is 17.8 Å². The zero-order valence-corrected chi connectivity index (χ0v) is 14.1. The number of thiophene rings is 1. The summed E-state index contributed by atoms with van der Waals surface area (Å²) in [4.78, 5) is 0.674. The number of aliphatic hydroxyl groups is 1. The molecule has 3 rings (SSSR count). The third kappa shape index (κ3) is 4.30. The van der Waals surface area contributed by atoms with E-state index in [4.69, 9.17) is 18.0 Å². The minimum Gasteiger partial charge on any atom is -0.375 e. The quantitative estimate of drug-likeness (QED) is 0.435.